The summed E-state index contributed by atoms with van der Waals surface area (Å²) in [5, 5.41) is 11.7. The number of halogens is 1. The Bertz CT molecular complexity index is 1400. The molecular formula is C25H21FN4O3S. The van der Waals surface area contributed by atoms with Crippen LogP contribution in [0.4, 0.5) is 10.1 Å². The maximum atomic E-state index is 14.9. The minimum Gasteiger partial charge on any atom is -0.481 e. The molecule has 0 unspecified atom stereocenters. The molecule has 0 radical (unpaired) electrons. The van der Waals surface area contributed by atoms with Crippen LogP contribution < -0.4 is 11.1 Å². The van der Waals surface area contributed by atoms with Crippen molar-refractivity contribution in [3.63, 3.8) is 0 Å². The van der Waals surface area contributed by atoms with Gasteiger partial charge in [-0.15, -0.1) is 0 Å². The molecule has 0 spiro atoms. The van der Waals surface area contributed by atoms with Crippen molar-refractivity contribution in [2.24, 2.45) is 5.73 Å². The highest BCUT2D eigenvalue weighted by atomic mass is 32.1. The van der Waals surface area contributed by atoms with Gasteiger partial charge in [0.1, 0.15) is 21.2 Å². The highest BCUT2D eigenvalue weighted by Crippen LogP contribution is 2.53. The van der Waals surface area contributed by atoms with Crippen LogP contribution >= 0.6 is 11.3 Å². The number of hydrogen-bond donors (Lipinski definition) is 3. The molecule has 4 aromatic rings. The van der Waals surface area contributed by atoms with E-state index >= 15 is 0 Å². The number of nitrogens with two attached hydrogens (primary N) is 1. The van der Waals surface area contributed by atoms with Crippen molar-refractivity contribution in [2.45, 2.75) is 30.7 Å². The van der Waals surface area contributed by atoms with Crippen LogP contribution in [0.5, 0.6) is 0 Å². The standard InChI is InChI=1S/C25H21FN4O3S/c26-17-12-15(28-22(33)18(27)13-21(31)32)6-7-16(17)23-29-19-8-9-20(30-24(19)34-23)25(10-11-25)14-4-2-1-3-5-14/h1-9,12,18H,10-11,13,27H2,(H,28,33)(H,31,32)/t18-/m1/s1. The number of amides is 1. The van der Waals surface area contributed by atoms with Crippen LogP contribution in [0.1, 0.15) is 30.5 Å². The van der Waals surface area contributed by atoms with Crippen molar-refractivity contribution in [2.75, 3.05) is 5.32 Å². The van der Waals surface area contributed by atoms with Crippen molar-refractivity contribution in [1.82, 2.24) is 9.97 Å². The molecule has 172 valence electrons. The number of carbonyl (C=O) groups is 2. The Morgan fingerprint density at radius 2 is 1.88 bits per heavy atom. The second kappa shape index (κ2) is 8.58. The van der Waals surface area contributed by atoms with Crippen LogP contribution in [0.25, 0.3) is 20.9 Å². The fraction of sp³-hybridized carbons (Fsp3) is 0.200. The number of thiazole rings is 1. The number of pyridine rings is 1. The molecule has 5 rings (SSSR count). The number of carboxylic acids is 1. The molecule has 4 N–H and O–H groups in total. The molecule has 1 aliphatic rings. The Labute approximate surface area is 198 Å². The number of rotatable bonds is 7. The topological polar surface area (TPSA) is 118 Å². The minimum atomic E-state index is -1.23. The van der Waals surface area contributed by atoms with Gasteiger partial charge in [-0.1, -0.05) is 41.7 Å². The summed E-state index contributed by atoms with van der Waals surface area (Å²) in [5.41, 5.74) is 8.91. The van der Waals surface area contributed by atoms with Crippen LogP contribution in [-0.2, 0) is 15.0 Å². The number of aliphatic carboxylic acids is 1. The van der Waals surface area contributed by atoms with E-state index in [0.29, 0.717) is 16.1 Å². The molecule has 34 heavy (non-hydrogen) atoms. The maximum absolute atomic E-state index is 14.9. The third kappa shape index (κ3) is 4.15. The summed E-state index contributed by atoms with van der Waals surface area (Å²) in [5.74, 6) is -2.45. The molecule has 1 saturated carbocycles. The van der Waals surface area contributed by atoms with Crippen molar-refractivity contribution in [3.05, 3.63) is 77.7 Å². The summed E-state index contributed by atoms with van der Waals surface area (Å²) in [6, 6.07) is 17.3. The third-order valence-electron chi connectivity index (χ3n) is 6.02. The first-order valence-electron chi connectivity index (χ1n) is 10.8. The molecule has 2 heterocycles. The zero-order valence-electron chi connectivity index (χ0n) is 18.0. The number of fused-ring (bicyclic) bond motifs is 1. The fourth-order valence-electron chi connectivity index (χ4n) is 4.06. The summed E-state index contributed by atoms with van der Waals surface area (Å²) in [7, 11) is 0. The van der Waals surface area contributed by atoms with Gasteiger partial charge < -0.3 is 16.2 Å². The average molecular weight is 477 g/mol. The van der Waals surface area contributed by atoms with Gasteiger partial charge in [-0.05, 0) is 48.7 Å². The van der Waals surface area contributed by atoms with Gasteiger partial charge in [0.25, 0.3) is 0 Å². The van der Waals surface area contributed by atoms with E-state index < -0.39 is 30.2 Å². The van der Waals surface area contributed by atoms with Crippen LogP contribution in [0.15, 0.2) is 60.7 Å². The van der Waals surface area contributed by atoms with E-state index in [2.05, 4.69) is 22.4 Å². The van der Waals surface area contributed by atoms with Crippen LogP contribution in [-0.4, -0.2) is 33.0 Å². The van der Waals surface area contributed by atoms with Gasteiger partial charge in [0.15, 0.2) is 0 Å². The smallest absolute Gasteiger partial charge is 0.305 e. The van der Waals surface area contributed by atoms with Gasteiger partial charge in [-0.25, -0.2) is 14.4 Å². The number of carbonyl (C=O) groups excluding carboxylic acids is 1. The normalized spacial score (nSPS) is 15.1. The number of anilines is 1. The number of aromatic nitrogens is 2. The second-order valence-electron chi connectivity index (χ2n) is 8.38. The first-order chi connectivity index (χ1) is 16.4. The number of carboxylic acid groups (broad SMARTS) is 1. The molecule has 2 aromatic heterocycles. The molecule has 1 aliphatic carbocycles. The van der Waals surface area contributed by atoms with Crippen LogP contribution in [0.3, 0.4) is 0 Å². The summed E-state index contributed by atoms with van der Waals surface area (Å²) >= 11 is 1.31. The Morgan fingerprint density at radius 3 is 2.56 bits per heavy atom. The maximum Gasteiger partial charge on any atom is 0.305 e. The predicted octanol–water partition coefficient (Wildman–Crippen LogP) is 4.32. The van der Waals surface area contributed by atoms with Gasteiger partial charge in [0.2, 0.25) is 5.91 Å². The number of benzene rings is 2. The molecule has 7 nitrogen and oxygen atoms in total. The van der Waals surface area contributed by atoms with Crippen molar-refractivity contribution in [3.8, 4) is 10.6 Å². The highest BCUT2D eigenvalue weighted by molar-refractivity contribution is 7.21. The summed E-state index contributed by atoms with van der Waals surface area (Å²) in [4.78, 5) is 32.9. The zero-order valence-corrected chi connectivity index (χ0v) is 18.8. The van der Waals surface area contributed by atoms with Gasteiger partial charge in [0, 0.05) is 16.7 Å². The quantitative estimate of drug-likeness (QED) is 0.366. The molecular weight excluding hydrogens is 455 g/mol. The average Bonchev–Trinajstić information content (AvgIpc) is 3.52. The molecule has 0 aliphatic heterocycles. The molecule has 9 heteroatoms. The lowest BCUT2D eigenvalue weighted by Gasteiger charge is -2.14. The van der Waals surface area contributed by atoms with Gasteiger partial charge >= 0.3 is 5.97 Å². The summed E-state index contributed by atoms with van der Waals surface area (Å²) in [6.07, 6.45) is 1.57. The van der Waals surface area contributed by atoms with Crippen molar-refractivity contribution in [1.29, 1.82) is 0 Å². The van der Waals surface area contributed by atoms with E-state index in [9.17, 15) is 14.0 Å². The lowest BCUT2D eigenvalue weighted by atomic mass is 9.92. The number of hydrogen-bond acceptors (Lipinski definition) is 6. The van der Waals surface area contributed by atoms with E-state index in [-0.39, 0.29) is 11.1 Å². The predicted molar refractivity (Wildman–Crippen MR) is 128 cm³/mol. The van der Waals surface area contributed by atoms with Gasteiger partial charge in [-0.2, -0.15) is 0 Å². The molecule has 0 saturated heterocycles. The van der Waals surface area contributed by atoms with Gasteiger partial charge in [0.05, 0.1) is 18.2 Å². The van der Waals surface area contributed by atoms with Gasteiger partial charge in [-0.3, -0.25) is 9.59 Å². The molecule has 1 fully saturated rings. The summed E-state index contributed by atoms with van der Waals surface area (Å²) < 4.78 is 14.9. The van der Waals surface area contributed by atoms with E-state index in [1.54, 1.807) is 0 Å². The van der Waals surface area contributed by atoms with E-state index in [4.69, 9.17) is 15.8 Å². The summed E-state index contributed by atoms with van der Waals surface area (Å²) in [6.45, 7) is 0. The fourth-order valence-corrected chi connectivity index (χ4v) is 5.02. The zero-order chi connectivity index (χ0) is 23.9. The first kappa shape index (κ1) is 22.1. The minimum absolute atomic E-state index is 0.0633. The molecule has 0 bridgehead atoms. The monoisotopic (exact) mass is 476 g/mol. The van der Waals surface area contributed by atoms with E-state index in [0.717, 1.165) is 23.4 Å². The third-order valence-corrected chi connectivity index (χ3v) is 7.02. The van der Waals surface area contributed by atoms with Crippen molar-refractivity contribution >= 4 is 39.2 Å². The van der Waals surface area contributed by atoms with E-state index in [1.807, 2.05) is 30.3 Å². The number of nitrogens with one attached hydrogen (secondary N) is 1. The highest BCUT2D eigenvalue weighted by Gasteiger charge is 2.47. The van der Waals surface area contributed by atoms with Crippen LogP contribution in [0, 0.1) is 5.82 Å². The lowest BCUT2D eigenvalue weighted by Crippen LogP contribution is -2.37. The number of nitrogens with zero attached hydrogens (tertiary/aromatic N) is 2. The lowest BCUT2D eigenvalue weighted by molar-refractivity contribution is -0.138. The largest absolute Gasteiger partial charge is 0.481 e. The molecule has 2 aromatic carbocycles. The second-order valence-corrected chi connectivity index (χ2v) is 9.35. The van der Waals surface area contributed by atoms with E-state index in [1.165, 1.54) is 35.1 Å². The first-order valence-corrected chi connectivity index (χ1v) is 11.6. The Hall–Kier alpha value is -3.69. The Kier molecular flexibility index (Phi) is 5.59. The molecule has 1 atom stereocenters. The Morgan fingerprint density at radius 1 is 1.12 bits per heavy atom. The van der Waals surface area contributed by atoms with Crippen LogP contribution in [0.2, 0.25) is 0 Å². The van der Waals surface area contributed by atoms with Crippen molar-refractivity contribution < 1.29 is 19.1 Å². The SMILES string of the molecule is N[C@H](CC(=O)O)C(=O)Nc1ccc(-c2nc3ccc(C4(c5ccccc5)CC4)nc3s2)c(F)c1. The molecule has 1 amide bonds. The Balaban J connectivity index is 1.39.